The summed E-state index contributed by atoms with van der Waals surface area (Å²) < 4.78 is 26.2. The van der Waals surface area contributed by atoms with Crippen molar-refractivity contribution in [2.75, 3.05) is 12.1 Å². The van der Waals surface area contributed by atoms with Gasteiger partial charge in [-0.25, -0.2) is 9.37 Å². The predicted molar refractivity (Wildman–Crippen MR) is 115 cm³/mol. The van der Waals surface area contributed by atoms with Crippen molar-refractivity contribution in [3.8, 4) is 22.8 Å². The molecule has 2 aromatic heterocycles. The molecular weight excluding hydrogens is 395 g/mol. The van der Waals surface area contributed by atoms with Crippen LogP contribution in [-0.4, -0.2) is 21.4 Å². The van der Waals surface area contributed by atoms with Crippen molar-refractivity contribution in [3.63, 3.8) is 0 Å². The Kier molecular flexibility index (Phi) is 4.26. The van der Waals surface area contributed by atoms with Gasteiger partial charge >= 0.3 is 0 Å². The van der Waals surface area contributed by atoms with Gasteiger partial charge in [0.2, 0.25) is 6.79 Å². The van der Waals surface area contributed by atoms with Crippen molar-refractivity contribution < 1.29 is 13.9 Å². The highest BCUT2D eigenvalue weighted by Crippen LogP contribution is 2.34. The highest BCUT2D eigenvalue weighted by Gasteiger charge is 2.21. The SMILES string of the molecule is Fc1ccc(-c2cc3nc4c(c(NCc5ccc6c(c5)OCO6)n3n2)CCCC4)cc1. The van der Waals surface area contributed by atoms with Crippen molar-refractivity contribution in [2.45, 2.75) is 32.2 Å². The summed E-state index contributed by atoms with van der Waals surface area (Å²) in [4.78, 5) is 4.89. The number of fused-ring (bicyclic) bond motifs is 3. The predicted octanol–water partition coefficient (Wildman–Crippen LogP) is 4.76. The van der Waals surface area contributed by atoms with E-state index < -0.39 is 0 Å². The number of hydrogen-bond donors (Lipinski definition) is 1. The second-order valence-corrected chi connectivity index (χ2v) is 7.94. The van der Waals surface area contributed by atoms with Crippen molar-refractivity contribution in [3.05, 3.63) is 71.2 Å². The molecule has 7 heteroatoms. The third-order valence-corrected chi connectivity index (χ3v) is 5.91. The van der Waals surface area contributed by atoms with E-state index in [1.165, 1.54) is 17.7 Å². The molecule has 0 radical (unpaired) electrons. The molecule has 3 heterocycles. The number of hydrogen-bond acceptors (Lipinski definition) is 5. The first-order valence-electron chi connectivity index (χ1n) is 10.5. The molecule has 0 bridgehead atoms. The molecule has 1 aliphatic heterocycles. The minimum Gasteiger partial charge on any atom is -0.454 e. The number of ether oxygens (including phenoxy) is 2. The molecule has 0 atom stereocenters. The average molecular weight is 416 g/mol. The topological polar surface area (TPSA) is 60.7 Å². The molecule has 6 nitrogen and oxygen atoms in total. The fourth-order valence-corrected chi connectivity index (χ4v) is 4.33. The summed E-state index contributed by atoms with van der Waals surface area (Å²) in [7, 11) is 0. The van der Waals surface area contributed by atoms with E-state index in [0.29, 0.717) is 6.54 Å². The Balaban J connectivity index is 1.40. The summed E-state index contributed by atoms with van der Waals surface area (Å²) in [5.74, 6) is 2.28. The molecule has 1 aliphatic carbocycles. The second kappa shape index (κ2) is 7.27. The van der Waals surface area contributed by atoms with E-state index in [1.807, 2.05) is 28.8 Å². The lowest BCUT2D eigenvalue weighted by Gasteiger charge is -2.20. The standard InChI is InChI=1S/C24H21FN4O2/c25-17-8-6-16(7-9-17)20-12-23-27-19-4-2-1-3-18(19)24(29(23)28-20)26-13-15-5-10-21-22(11-15)31-14-30-21/h5-12,26H,1-4,13-14H2. The number of nitrogens with one attached hydrogen (secondary N) is 1. The smallest absolute Gasteiger partial charge is 0.231 e. The molecule has 1 N–H and O–H groups in total. The molecule has 0 amide bonds. The van der Waals surface area contributed by atoms with E-state index in [9.17, 15) is 4.39 Å². The van der Waals surface area contributed by atoms with Gasteiger partial charge in [-0.2, -0.15) is 9.61 Å². The van der Waals surface area contributed by atoms with Gasteiger partial charge in [0.15, 0.2) is 17.1 Å². The van der Waals surface area contributed by atoms with Gasteiger partial charge in [0.1, 0.15) is 11.6 Å². The maximum absolute atomic E-state index is 13.4. The van der Waals surface area contributed by atoms with E-state index in [-0.39, 0.29) is 12.6 Å². The second-order valence-electron chi connectivity index (χ2n) is 7.94. The van der Waals surface area contributed by atoms with Crippen LogP contribution in [0.1, 0.15) is 29.7 Å². The molecular formula is C24H21FN4O2. The molecule has 6 rings (SSSR count). The molecule has 0 fully saturated rings. The lowest BCUT2D eigenvalue weighted by Crippen LogP contribution is -2.15. The fraction of sp³-hybridized carbons (Fsp3) is 0.250. The number of rotatable bonds is 4. The van der Waals surface area contributed by atoms with Gasteiger partial charge in [0, 0.05) is 29.4 Å². The first kappa shape index (κ1) is 18.2. The molecule has 4 aromatic rings. The molecule has 2 aromatic carbocycles. The number of aromatic nitrogens is 3. The van der Waals surface area contributed by atoms with Gasteiger partial charge < -0.3 is 14.8 Å². The molecule has 0 unspecified atom stereocenters. The Hall–Kier alpha value is -3.61. The van der Waals surface area contributed by atoms with Gasteiger partial charge in [0.25, 0.3) is 0 Å². The number of benzene rings is 2. The number of anilines is 1. The lowest BCUT2D eigenvalue weighted by molar-refractivity contribution is 0.174. The number of nitrogens with zero attached hydrogens (tertiary/aromatic N) is 3. The van der Waals surface area contributed by atoms with Gasteiger partial charge in [-0.15, -0.1) is 0 Å². The largest absolute Gasteiger partial charge is 0.454 e. The zero-order valence-corrected chi connectivity index (χ0v) is 16.9. The van der Waals surface area contributed by atoms with E-state index in [2.05, 4.69) is 5.32 Å². The Morgan fingerprint density at radius 2 is 1.81 bits per heavy atom. The summed E-state index contributed by atoms with van der Waals surface area (Å²) >= 11 is 0. The first-order valence-corrected chi connectivity index (χ1v) is 10.5. The summed E-state index contributed by atoms with van der Waals surface area (Å²) in [6.07, 6.45) is 4.25. The molecule has 0 spiro atoms. The zero-order valence-electron chi connectivity index (χ0n) is 16.9. The first-order chi connectivity index (χ1) is 15.2. The highest BCUT2D eigenvalue weighted by molar-refractivity contribution is 5.67. The summed E-state index contributed by atoms with van der Waals surface area (Å²) in [5.41, 5.74) is 5.91. The minimum atomic E-state index is -0.257. The van der Waals surface area contributed by atoms with Crippen LogP contribution in [0.25, 0.3) is 16.9 Å². The van der Waals surface area contributed by atoms with Gasteiger partial charge in [-0.3, -0.25) is 0 Å². The van der Waals surface area contributed by atoms with Gasteiger partial charge in [-0.1, -0.05) is 6.07 Å². The van der Waals surface area contributed by atoms with Crippen LogP contribution in [0.15, 0.2) is 48.5 Å². The van der Waals surface area contributed by atoms with Crippen LogP contribution in [0, 0.1) is 5.82 Å². The maximum atomic E-state index is 13.4. The van der Waals surface area contributed by atoms with Crippen LogP contribution >= 0.6 is 0 Å². The van der Waals surface area contributed by atoms with Crippen LogP contribution in [0.2, 0.25) is 0 Å². The quantitative estimate of drug-likeness (QED) is 0.520. The lowest BCUT2D eigenvalue weighted by atomic mass is 9.96. The molecule has 0 saturated carbocycles. The molecule has 2 aliphatic rings. The van der Waals surface area contributed by atoms with Crippen LogP contribution < -0.4 is 14.8 Å². The van der Waals surface area contributed by atoms with Crippen LogP contribution in [0.5, 0.6) is 11.5 Å². The molecule has 156 valence electrons. The van der Waals surface area contributed by atoms with E-state index >= 15 is 0 Å². The van der Waals surface area contributed by atoms with Crippen molar-refractivity contribution in [2.24, 2.45) is 0 Å². The van der Waals surface area contributed by atoms with Crippen LogP contribution in [-0.2, 0) is 19.4 Å². The van der Waals surface area contributed by atoms with Crippen LogP contribution in [0.4, 0.5) is 10.2 Å². The highest BCUT2D eigenvalue weighted by atomic mass is 19.1. The van der Waals surface area contributed by atoms with E-state index in [0.717, 1.165) is 71.2 Å². The minimum absolute atomic E-state index is 0.257. The van der Waals surface area contributed by atoms with Crippen molar-refractivity contribution in [1.29, 1.82) is 0 Å². The van der Waals surface area contributed by atoms with E-state index in [1.54, 1.807) is 12.1 Å². The maximum Gasteiger partial charge on any atom is 0.231 e. The Morgan fingerprint density at radius 1 is 0.968 bits per heavy atom. The van der Waals surface area contributed by atoms with Crippen molar-refractivity contribution in [1.82, 2.24) is 14.6 Å². The summed E-state index contributed by atoms with van der Waals surface area (Å²) in [6, 6.07) is 14.4. The summed E-state index contributed by atoms with van der Waals surface area (Å²) in [6.45, 7) is 0.901. The average Bonchev–Trinajstić information content (AvgIpc) is 3.43. The third-order valence-electron chi connectivity index (χ3n) is 5.91. The third kappa shape index (κ3) is 3.26. The van der Waals surface area contributed by atoms with Crippen molar-refractivity contribution >= 4 is 11.5 Å². The Labute approximate surface area is 178 Å². The normalized spacial score (nSPS) is 14.6. The fourth-order valence-electron chi connectivity index (χ4n) is 4.33. The van der Waals surface area contributed by atoms with Gasteiger partial charge in [0.05, 0.1) is 5.69 Å². The number of aryl methyl sites for hydroxylation is 1. The van der Waals surface area contributed by atoms with E-state index in [4.69, 9.17) is 19.6 Å². The molecule has 0 saturated heterocycles. The summed E-state index contributed by atoms with van der Waals surface area (Å²) in [5, 5.41) is 8.42. The zero-order chi connectivity index (χ0) is 20.8. The Morgan fingerprint density at radius 3 is 2.71 bits per heavy atom. The van der Waals surface area contributed by atoms with Crippen LogP contribution in [0.3, 0.4) is 0 Å². The molecule has 31 heavy (non-hydrogen) atoms. The van der Waals surface area contributed by atoms with Gasteiger partial charge in [-0.05, 0) is 67.6 Å². The monoisotopic (exact) mass is 416 g/mol. The number of halogens is 1. The Bertz CT molecular complexity index is 1280.